The Morgan fingerprint density at radius 2 is 2.00 bits per heavy atom. The lowest BCUT2D eigenvalue weighted by Gasteiger charge is -2.29. The zero-order valence-electron chi connectivity index (χ0n) is 10.3. The molecule has 4 nitrogen and oxygen atoms in total. The molecule has 1 aliphatic rings. The second kappa shape index (κ2) is 5.87. The van der Waals surface area contributed by atoms with Crippen molar-refractivity contribution >= 4 is 26.0 Å². The topological polar surface area (TPSA) is 72.2 Å². The van der Waals surface area contributed by atoms with Crippen LogP contribution >= 0.6 is 15.9 Å². The zero-order chi connectivity index (χ0) is 14.0. The van der Waals surface area contributed by atoms with Crippen molar-refractivity contribution in [2.75, 3.05) is 0 Å². The lowest BCUT2D eigenvalue weighted by molar-refractivity contribution is 0.361. The van der Waals surface area contributed by atoms with Gasteiger partial charge in [0.2, 0.25) is 10.0 Å². The van der Waals surface area contributed by atoms with E-state index in [9.17, 15) is 12.8 Å². The Bertz CT molecular complexity index is 565. The van der Waals surface area contributed by atoms with E-state index in [1.54, 1.807) is 0 Å². The predicted molar refractivity (Wildman–Crippen MR) is 74.7 cm³/mol. The molecule has 1 aliphatic carbocycles. The molecule has 3 N–H and O–H groups in total. The first-order chi connectivity index (χ1) is 8.90. The van der Waals surface area contributed by atoms with Crippen molar-refractivity contribution in [1.82, 2.24) is 4.72 Å². The van der Waals surface area contributed by atoms with E-state index in [4.69, 9.17) is 5.73 Å². The average molecular weight is 351 g/mol. The van der Waals surface area contributed by atoms with Gasteiger partial charge in [-0.15, -0.1) is 0 Å². The minimum atomic E-state index is -3.68. The van der Waals surface area contributed by atoms with Gasteiger partial charge in [-0.3, -0.25) is 0 Å². The van der Waals surface area contributed by atoms with E-state index in [1.807, 2.05) is 0 Å². The molecule has 0 spiro atoms. The van der Waals surface area contributed by atoms with E-state index in [2.05, 4.69) is 20.7 Å². The van der Waals surface area contributed by atoms with Gasteiger partial charge in [0.1, 0.15) is 5.82 Å². The quantitative estimate of drug-likeness (QED) is 0.876. The largest absolute Gasteiger partial charge is 0.326 e. The molecule has 7 heteroatoms. The molecule has 0 amide bonds. The summed E-state index contributed by atoms with van der Waals surface area (Å²) in [5.41, 5.74) is 5.93. The molecule has 19 heavy (non-hydrogen) atoms. The molecular weight excluding hydrogens is 335 g/mol. The van der Waals surface area contributed by atoms with Crippen molar-refractivity contribution in [1.29, 1.82) is 0 Å². The molecule has 0 radical (unpaired) electrons. The zero-order valence-corrected chi connectivity index (χ0v) is 12.7. The SMILES string of the molecule is NC1CCCCC1NS(=O)(=O)c1ccc(F)cc1Br. The average Bonchev–Trinajstić information content (AvgIpc) is 2.31. The third-order valence-corrected chi connectivity index (χ3v) is 5.78. The highest BCUT2D eigenvalue weighted by Gasteiger charge is 2.28. The smallest absolute Gasteiger partial charge is 0.241 e. The summed E-state index contributed by atoms with van der Waals surface area (Å²) < 4.78 is 40.3. The first-order valence-corrected chi connectivity index (χ1v) is 8.41. The summed E-state index contributed by atoms with van der Waals surface area (Å²) >= 11 is 3.07. The fourth-order valence-electron chi connectivity index (χ4n) is 2.26. The molecule has 1 aromatic rings. The van der Waals surface area contributed by atoms with Crippen molar-refractivity contribution in [2.24, 2.45) is 5.73 Å². The van der Waals surface area contributed by atoms with Gasteiger partial charge in [0, 0.05) is 16.6 Å². The first-order valence-electron chi connectivity index (χ1n) is 6.13. The van der Waals surface area contributed by atoms with Crippen molar-refractivity contribution in [3.05, 3.63) is 28.5 Å². The molecule has 1 saturated carbocycles. The molecule has 106 valence electrons. The highest BCUT2D eigenvalue weighted by Crippen LogP contribution is 2.25. The summed E-state index contributed by atoms with van der Waals surface area (Å²) in [4.78, 5) is 0.0340. The van der Waals surface area contributed by atoms with Crippen LogP contribution in [-0.2, 0) is 10.0 Å². The number of rotatable bonds is 3. The Hall–Kier alpha value is -0.500. The summed E-state index contributed by atoms with van der Waals surface area (Å²) in [5.74, 6) is -0.486. The maximum atomic E-state index is 13.0. The molecule has 1 fully saturated rings. The highest BCUT2D eigenvalue weighted by molar-refractivity contribution is 9.10. The van der Waals surface area contributed by atoms with E-state index in [0.717, 1.165) is 37.8 Å². The Morgan fingerprint density at radius 3 is 2.63 bits per heavy atom. The van der Waals surface area contributed by atoms with Crippen LogP contribution in [0.25, 0.3) is 0 Å². The first kappa shape index (κ1) is 14.9. The minimum Gasteiger partial charge on any atom is -0.326 e. The molecule has 0 aromatic heterocycles. The molecule has 0 saturated heterocycles. The summed E-state index contributed by atoms with van der Waals surface area (Å²) in [6.45, 7) is 0. The second-order valence-electron chi connectivity index (χ2n) is 4.75. The number of hydrogen-bond donors (Lipinski definition) is 2. The number of benzene rings is 1. The maximum absolute atomic E-state index is 13.0. The minimum absolute atomic E-state index is 0.0340. The van der Waals surface area contributed by atoms with Crippen LogP contribution in [0.3, 0.4) is 0 Å². The normalized spacial score (nSPS) is 24.4. The fourth-order valence-corrected chi connectivity index (χ4v) is 4.63. The van der Waals surface area contributed by atoms with Crippen molar-refractivity contribution in [3.8, 4) is 0 Å². The summed E-state index contributed by atoms with van der Waals surface area (Å²) in [7, 11) is -3.68. The third kappa shape index (κ3) is 3.53. The van der Waals surface area contributed by atoms with Gasteiger partial charge in [0.25, 0.3) is 0 Å². The predicted octanol–water partition coefficient (Wildman–Crippen LogP) is 2.14. The van der Waals surface area contributed by atoms with Crippen molar-refractivity contribution in [3.63, 3.8) is 0 Å². The van der Waals surface area contributed by atoms with Gasteiger partial charge < -0.3 is 5.73 Å². The van der Waals surface area contributed by atoms with Crippen LogP contribution in [-0.4, -0.2) is 20.5 Å². The van der Waals surface area contributed by atoms with Crippen molar-refractivity contribution in [2.45, 2.75) is 42.7 Å². The molecule has 2 atom stereocenters. The molecule has 2 unspecified atom stereocenters. The number of nitrogens with two attached hydrogens (primary N) is 1. The van der Waals surface area contributed by atoms with E-state index in [0.29, 0.717) is 0 Å². The summed E-state index contributed by atoms with van der Waals surface area (Å²) in [6.07, 6.45) is 3.54. The van der Waals surface area contributed by atoms with Crippen LogP contribution in [0.1, 0.15) is 25.7 Å². The lowest BCUT2D eigenvalue weighted by Crippen LogP contribution is -2.49. The van der Waals surface area contributed by atoms with E-state index >= 15 is 0 Å². The Balaban J connectivity index is 2.22. The molecular formula is C12H16BrFN2O2S. The van der Waals surface area contributed by atoms with Crippen molar-refractivity contribution < 1.29 is 12.8 Å². The Morgan fingerprint density at radius 1 is 1.32 bits per heavy atom. The van der Waals surface area contributed by atoms with Gasteiger partial charge in [0.15, 0.2) is 0 Å². The standard InChI is InChI=1S/C12H16BrFN2O2S/c13-9-7-8(14)5-6-12(9)19(17,18)16-11-4-2-1-3-10(11)15/h5-7,10-11,16H,1-4,15H2. The van der Waals surface area contributed by atoms with Crippen LogP contribution in [0.15, 0.2) is 27.6 Å². The van der Waals surface area contributed by atoms with Gasteiger partial charge in [-0.2, -0.15) is 0 Å². The number of halogens is 2. The number of hydrogen-bond acceptors (Lipinski definition) is 3. The highest BCUT2D eigenvalue weighted by atomic mass is 79.9. The summed E-state index contributed by atoms with van der Waals surface area (Å²) in [6, 6.07) is 3.09. The Kier molecular flexibility index (Phi) is 4.60. The van der Waals surface area contributed by atoms with Crippen LogP contribution in [0, 0.1) is 5.82 Å². The van der Waals surface area contributed by atoms with Gasteiger partial charge in [-0.1, -0.05) is 12.8 Å². The second-order valence-corrected chi connectivity index (χ2v) is 7.29. The number of sulfonamides is 1. The van der Waals surface area contributed by atoms with Crippen LogP contribution in [0.5, 0.6) is 0 Å². The van der Waals surface area contributed by atoms with Gasteiger partial charge in [-0.05, 0) is 47.0 Å². The molecule has 2 rings (SSSR count). The fraction of sp³-hybridized carbons (Fsp3) is 0.500. The van der Waals surface area contributed by atoms with E-state index < -0.39 is 15.8 Å². The van der Waals surface area contributed by atoms with Gasteiger partial charge in [-0.25, -0.2) is 17.5 Å². The summed E-state index contributed by atoms with van der Waals surface area (Å²) in [5, 5.41) is 0. The molecule has 0 bridgehead atoms. The van der Waals surface area contributed by atoms with Crippen LogP contribution in [0.4, 0.5) is 4.39 Å². The van der Waals surface area contributed by atoms with Crippen LogP contribution < -0.4 is 10.5 Å². The number of nitrogens with one attached hydrogen (secondary N) is 1. The van der Waals surface area contributed by atoms with Crippen LogP contribution in [0.2, 0.25) is 0 Å². The van der Waals surface area contributed by atoms with Gasteiger partial charge in [0.05, 0.1) is 4.90 Å². The molecule has 0 heterocycles. The molecule has 1 aromatic carbocycles. The van der Waals surface area contributed by atoms with E-state index in [-0.39, 0.29) is 21.5 Å². The van der Waals surface area contributed by atoms with E-state index in [1.165, 1.54) is 6.07 Å². The third-order valence-electron chi connectivity index (χ3n) is 3.31. The Labute approximate surface area is 120 Å². The monoisotopic (exact) mass is 350 g/mol. The van der Waals surface area contributed by atoms with Gasteiger partial charge >= 0.3 is 0 Å². The maximum Gasteiger partial charge on any atom is 0.241 e. The molecule has 0 aliphatic heterocycles. The lowest BCUT2D eigenvalue weighted by atomic mass is 9.92.